The van der Waals surface area contributed by atoms with Crippen LogP contribution in [0.25, 0.3) is 0 Å². The number of aryl methyl sites for hydroxylation is 1. The smallest absolute Gasteiger partial charge is 0.414 e. The second-order valence-corrected chi connectivity index (χ2v) is 8.15. The molecule has 0 atom stereocenters. The summed E-state index contributed by atoms with van der Waals surface area (Å²) in [6.07, 6.45) is 4.77. The molecule has 0 bridgehead atoms. The lowest BCUT2D eigenvalue weighted by atomic mass is 9.95. The van der Waals surface area contributed by atoms with Crippen molar-refractivity contribution in [1.82, 2.24) is 4.90 Å². The molecule has 9 heteroatoms. The van der Waals surface area contributed by atoms with Crippen LogP contribution in [0.3, 0.4) is 0 Å². The van der Waals surface area contributed by atoms with Crippen LogP contribution in [0.5, 0.6) is 5.75 Å². The molecular formula is C21H26N2O6S. The number of amides is 1. The van der Waals surface area contributed by atoms with Gasteiger partial charge < -0.3 is 25.2 Å². The zero-order valence-electron chi connectivity index (χ0n) is 17.2. The monoisotopic (exact) mass is 434 g/mol. The summed E-state index contributed by atoms with van der Waals surface area (Å²) in [6.45, 7) is 0.865. The molecule has 0 aliphatic heterocycles. The molecule has 1 aliphatic rings. The molecule has 0 saturated heterocycles. The highest BCUT2D eigenvalue weighted by molar-refractivity contribution is 7.16. The van der Waals surface area contributed by atoms with Crippen molar-refractivity contribution >= 4 is 34.2 Å². The predicted molar refractivity (Wildman–Crippen MR) is 115 cm³/mol. The maximum absolute atomic E-state index is 12.6. The molecule has 1 amide bonds. The molecule has 0 radical (unpaired) electrons. The maximum Gasteiger partial charge on any atom is 0.414 e. The Hall–Kier alpha value is -2.91. The number of methoxy groups -OCH3 is 1. The highest BCUT2D eigenvalue weighted by atomic mass is 32.1. The minimum atomic E-state index is -1.82. The Morgan fingerprint density at radius 2 is 1.67 bits per heavy atom. The molecule has 1 aliphatic carbocycles. The van der Waals surface area contributed by atoms with Crippen molar-refractivity contribution in [3.05, 3.63) is 45.8 Å². The second kappa shape index (κ2) is 10.7. The zero-order chi connectivity index (χ0) is 22.3. The highest BCUT2D eigenvalue weighted by Gasteiger charge is 2.22. The van der Waals surface area contributed by atoms with E-state index in [0.29, 0.717) is 5.56 Å². The summed E-state index contributed by atoms with van der Waals surface area (Å²) < 4.78 is 5.15. The first-order valence-electron chi connectivity index (χ1n) is 9.42. The lowest BCUT2D eigenvalue weighted by Crippen LogP contribution is -2.16. The van der Waals surface area contributed by atoms with Gasteiger partial charge >= 0.3 is 11.9 Å². The molecule has 1 aromatic carbocycles. The second-order valence-electron chi connectivity index (χ2n) is 7.05. The fraction of sp³-hybridized carbons (Fsp3) is 0.381. The van der Waals surface area contributed by atoms with E-state index >= 15 is 0 Å². The Balaban J connectivity index is 0.000000469. The van der Waals surface area contributed by atoms with Gasteiger partial charge in [0.05, 0.1) is 7.11 Å². The van der Waals surface area contributed by atoms with Gasteiger partial charge in [-0.05, 0) is 69.6 Å². The van der Waals surface area contributed by atoms with Gasteiger partial charge in [-0.15, -0.1) is 11.3 Å². The normalized spacial score (nSPS) is 12.4. The van der Waals surface area contributed by atoms with Gasteiger partial charge in [0.2, 0.25) is 0 Å². The Labute approximate surface area is 179 Å². The molecule has 162 valence electrons. The summed E-state index contributed by atoms with van der Waals surface area (Å²) >= 11 is 1.75. The van der Waals surface area contributed by atoms with E-state index in [9.17, 15) is 4.79 Å². The van der Waals surface area contributed by atoms with Gasteiger partial charge in [0, 0.05) is 22.5 Å². The van der Waals surface area contributed by atoms with Crippen LogP contribution in [0.1, 0.15) is 39.2 Å². The summed E-state index contributed by atoms with van der Waals surface area (Å²) in [5.74, 6) is -2.95. The minimum absolute atomic E-state index is 0.0590. The highest BCUT2D eigenvalue weighted by Crippen LogP contribution is 2.38. The van der Waals surface area contributed by atoms with E-state index in [1.807, 2.05) is 12.1 Å². The number of hydrogen-bond donors (Lipinski definition) is 3. The zero-order valence-corrected chi connectivity index (χ0v) is 18.0. The van der Waals surface area contributed by atoms with Crippen LogP contribution in [-0.2, 0) is 29.0 Å². The number of carboxylic acid groups (broad SMARTS) is 2. The van der Waals surface area contributed by atoms with Gasteiger partial charge in [0.15, 0.2) is 0 Å². The number of ether oxygens (including phenoxy) is 1. The molecule has 2 aromatic rings. The van der Waals surface area contributed by atoms with Crippen LogP contribution in [0.15, 0.2) is 24.3 Å². The fourth-order valence-corrected chi connectivity index (χ4v) is 4.43. The molecular weight excluding hydrogens is 408 g/mol. The Kier molecular flexibility index (Phi) is 8.37. The van der Waals surface area contributed by atoms with Crippen LogP contribution >= 0.6 is 11.3 Å². The minimum Gasteiger partial charge on any atom is -0.497 e. The average Bonchev–Trinajstić information content (AvgIpc) is 3.05. The number of benzene rings is 1. The number of anilines is 1. The summed E-state index contributed by atoms with van der Waals surface area (Å²) in [5.41, 5.74) is 3.41. The van der Waals surface area contributed by atoms with Crippen LogP contribution < -0.4 is 10.1 Å². The number of carboxylic acids is 2. The molecule has 3 N–H and O–H groups in total. The molecule has 1 heterocycles. The van der Waals surface area contributed by atoms with Crippen LogP contribution in [0.4, 0.5) is 5.00 Å². The lowest BCUT2D eigenvalue weighted by molar-refractivity contribution is -0.159. The van der Waals surface area contributed by atoms with E-state index in [4.69, 9.17) is 24.5 Å². The number of thiophene rings is 1. The Bertz CT molecular complexity index is 893. The van der Waals surface area contributed by atoms with Gasteiger partial charge in [0.25, 0.3) is 5.91 Å². The summed E-state index contributed by atoms with van der Waals surface area (Å²) in [7, 11) is 5.77. The van der Waals surface area contributed by atoms with Crippen LogP contribution in [0.2, 0.25) is 0 Å². The van der Waals surface area contributed by atoms with Gasteiger partial charge in [-0.1, -0.05) is 0 Å². The Morgan fingerprint density at radius 1 is 1.07 bits per heavy atom. The fourth-order valence-electron chi connectivity index (χ4n) is 3.13. The van der Waals surface area contributed by atoms with Gasteiger partial charge in [-0.25, -0.2) is 9.59 Å². The largest absolute Gasteiger partial charge is 0.497 e. The quantitative estimate of drug-likeness (QED) is 0.619. The number of nitrogens with zero attached hydrogens (tertiary/aromatic N) is 1. The molecule has 1 aromatic heterocycles. The standard InChI is InChI=1S/C19H24N2O2S.C2H2O4/c1-21(2)12-16-15-6-4-5-7-17(15)24-19(16)20-18(22)13-8-10-14(23-3)11-9-13;3-1(4)2(5)6/h8-11H,4-7,12H2,1-3H3,(H,20,22);(H,3,4)(H,5,6). The molecule has 0 saturated carbocycles. The first kappa shape index (κ1) is 23.4. The van der Waals surface area contributed by atoms with Crippen LogP contribution in [0, 0.1) is 0 Å². The predicted octanol–water partition coefficient (Wildman–Crippen LogP) is 3.11. The van der Waals surface area contributed by atoms with E-state index in [1.54, 1.807) is 30.6 Å². The molecule has 8 nitrogen and oxygen atoms in total. The summed E-state index contributed by atoms with van der Waals surface area (Å²) in [6, 6.07) is 7.23. The van der Waals surface area contributed by atoms with Crippen molar-refractivity contribution in [3.8, 4) is 5.75 Å². The number of nitrogens with one attached hydrogen (secondary N) is 1. The first-order valence-corrected chi connectivity index (χ1v) is 10.2. The van der Waals surface area contributed by atoms with Crippen molar-refractivity contribution < 1.29 is 29.3 Å². The van der Waals surface area contributed by atoms with Gasteiger partial charge in [-0.3, -0.25) is 4.79 Å². The van der Waals surface area contributed by atoms with Crippen molar-refractivity contribution in [1.29, 1.82) is 0 Å². The number of rotatable bonds is 5. The number of hydrogen-bond acceptors (Lipinski definition) is 6. The van der Waals surface area contributed by atoms with Crippen molar-refractivity contribution in [3.63, 3.8) is 0 Å². The van der Waals surface area contributed by atoms with Crippen molar-refractivity contribution in [2.24, 2.45) is 0 Å². The van der Waals surface area contributed by atoms with Crippen LogP contribution in [-0.4, -0.2) is 54.2 Å². The third-order valence-corrected chi connectivity index (χ3v) is 5.77. The van der Waals surface area contributed by atoms with E-state index in [-0.39, 0.29) is 5.91 Å². The van der Waals surface area contributed by atoms with E-state index in [2.05, 4.69) is 24.3 Å². The first-order chi connectivity index (χ1) is 14.2. The SMILES string of the molecule is COc1ccc(C(=O)Nc2sc3c(c2CN(C)C)CCCC3)cc1.O=C(O)C(=O)O. The summed E-state index contributed by atoms with van der Waals surface area (Å²) in [4.78, 5) is 34.4. The van der Waals surface area contributed by atoms with Crippen molar-refractivity contribution in [2.75, 3.05) is 26.5 Å². The molecule has 0 fully saturated rings. The number of fused-ring (bicyclic) bond motifs is 1. The number of carbonyl (C=O) groups excluding carboxylic acids is 1. The maximum atomic E-state index is 12.6. The van der Waals surface area contributed by atoms with E-state index in [0.717, 1.165) is 30.1 Å². The van der Waals surface area contributed by atoms with E-state index in [1.165, 1.54) is 28.8 Å². The summed E-state index contributed by atoms with van der Waals surface area (Å²) in [5, 5.41) is 18.9. The number of carbonyl (C=O) groups is 3. The van der Waals surface area contributed by atoms with Crippen molar-refractivity contribution in [2.45, 2.75) is 32.2 Å². The molecule has 3 rings (SSSR count). The Morgan fingerprint density at radius 3 is 2.20 bits per heavy atom. The molecule has 0 unspecified atom stereocenters. The molecule has 0 spiro atoms. The third kappa shape index (κ3) is 6.30. The average molecular weight is 435 g/mol. The third-order valence-electron chi connectivity index (χ3n) is 4.52. The topological polar surface area (TPSA) is 116 Å². The van der Waals surface area contributed by atoms with Gasteiger partial charge in [0.1, 0.15) is 10.8 Å². The van der Waals surface area contributed by atoms with Gasteiger partial charge in [-0.2, -0.15) is 0 Å². The van der Waals surface area contributed by atoms with E-state index < -0.39 is 11.9 Å². The molecule has 30 heavy (non-hydrogen) atoms. The lowest BCUT2D eigenvalue weighted by Gasteiger charge is -2.16. The number of aliphatic carboxylic acids is 2.